The zero-order chi connectivity index (χ0) is 25.0. The molecule has 0 aliphatic rings. The van der Waals surface area contributed by atoms with Gasteiger partial charge in [-0.05, 0) is 43.9 Å². The Hall–Kier alpha value is -3.10. The molecule has 0 fully saturated rings. The average Bonchev–Trinajstić information content (AvgIpc) is 2.76. The van der Waals surface area contributed by atoms with Crippen molar-refractivity contribution in [3.05, 3.63) is 29.8 Å². The van der Waals surface area contributed by atoms with Gasteiger partial charge in [-0.1, -0.05) is 26.0 Å². The van der Waals surface area contributed by atoms with Crippen LogP contribution in [-0.4, -0.2) is 56.2 Å². The molecule has 0 spiro atoms. The lowest BCUT2D eigenvalue weighted by Crippen LogP contribution is -2.54. The maximum atomic E-state index is 13.0. The third-order valence-corrected chi connectivity index (χ3v) is 4.50. The number of amides is 2. The van der Waals surface area contributed by atoms with E-state index in [1.165, 1.54) is 7.11 Å². The molecule has 0 saturated heterocycles. The summed E-state index contributed by atoms with van der Waals surface area (Å²) >= 11 is 0. The number of hydrogen-bond donors (Lipinski definition) is 2. The Balaban J connectivity index is 2.94. The molecular weight excluding hydrogens is 416 g/mol. The molecule has 0 aliphatic carbocycles. The Morgan fingerprint density at radius 1 is 1.09 bits per heavy atom. The molecule has 2 atom stereocenters. The summed E-state index contributed by atoms with van der Waals surface area (Å²) in [6.07, 6.45) is -0.214. The second kappa shape index (κ2) is 14.1. The van der Waals surface area contributed by atoms with E-state index in [0.717, 1.165) is 0 Å². The maximum Gasteiger partial charge on any atom is 0.328 e. The van der Waals surface area contributed by atoms with Gasteiger partial charge in [-0.2, -0.15) is 0 Å². The van der Waals surface area contributed by atoms with Crippen LogP contribution in [0.5, 0.6) is 5.75 Å². The smallest absolute Gasteiger partial charge is 0.328 e. The van der Waals surface area contributed by atoms with Gasteiger partial charge in [0.2, 0.25) is 11.8 Å². The normalized spacial score (nSPS) is 12.9. The van der Waals surface area contributed by atoms with E-state index in [-0.39, 0.29) is 32.5 Å². The van der Waals surface area contributed by atoms with E-state index in [1.807, 2.05) is 0 Å². The van der Waals surface area contributed by atoms with Gasteiger partial charge in [0.05, 0.1) is 26.7 Å². The average molecular weight is 452 g/mol. The van der Waals surface area contributed by atoms with Gasteiger partial charge in [0.15, 0.2) is 1.41 Å². The summed E-state index contributed by atoms with van der Waals surface area (Å²) in [5, 5.41) is 3.18. The first-order chi connectivity index (χ1) is 15.6. The molecule has 0 bridgehead atoms. The minimum Gasteiger partial charge on any atom is -0.497 e. The number of benzene rings is 1. The third-order valence-electron chi connectivity index (χ3n) is 4.50. The third kappa shape index (κ3) is 9.36. The van der Waals surface area contributed by atoms with Crippen molar-refractivity contribution in [1.82, 2.24) is 10.6 Å². The molecule has 1 aromatic rings. The quantitative estimate of drug-likeness (QED) is 0.439. The van der Waals surface area contributed by atoms with E-state index in [0.29, 0.717) is 16.6 Å². The predicted molar refractivity (Wildman–Crippen MR) is 118 cm³/mol. The van der Waals surface area contributed by atoms with E-state index in [9.17, 15) is 19.2 Å². The molecule has 0 heterocycles. The van der Waals surface area contributed by atoms with Crippen molar-refractivity contribution in [2.24, 2.45) is 5.92 Å². The molecule has 9 heteroatoms. The lowest BCUT2D eigenvalue weighted by atomic mass is 10.0. The van der Waals surface area contributed by atoms with E-state index >= 15 is 0 Å². The fraction of sp³-hybridized carbons (Fsp3) is 0.565. The van der Waals surface area contributed by atoms with Crippen molar-refractivity contribution in [2.45, 2.75) is 59.0 Å². The summed E-state index contributed by atoms with van der Waals surface area (Å²) in [7, 11) is 1.51. The van der Waals surface area contributed by atoms with Crippen LogP contribution in [0.2, 0.25) is 1.41 Å². The van der Waals surface area contributed by atoms with Crippen LogP contribution in [0.1, 0.15) is 46.1 Å². The lowest BCUT2D eigenvalue weighted by Gasteiger charge is -2.25. The molecule has 1 aromatic carbocycles. The summed E-state index contributed by atoms with van der Waals surface area (Å²) in [4.78, 5) is 49.8. The van der Waals surface area contributed by atoms with Crippen LogP contribution in [0, 0.1) is 5.92 Å². The second-order valence-electron chi connectivity index (χ2n) is 7.40. The van der Waals surface area contributed by atoms with Gasteiger partial charge in [-0.3, -0.25) is 14.4 Å². The summed E-state index contributed by atoms with van der Waals surface area (Å²) in [5.74, 6) is -2.30. The Labute approximate surface area is 190 Å². The van der Waals surface area contributed by atoms with Gasteiger partial charge in [0.1, 0.15) is 17.8 Å². The van der Waals surface area contributed by atoms with E-state index in [2.05, 4.69) is 5.32 Å². The zero-order valence-electron chi connectivity index (χ0n) is 20.4. The number of methoxy groups -OCH3 is 1. The first-order valence-corrected chi connectivity index (χ1v) is 10.7. The SMILES string of the molecule is [2H]N(C(=O)Cc1cccc(OC)c1)[C@H](C(=O)N[C@@H](CCC(=O)OCC)C(=O)OCC)C(C)C. The van der Waals surface area contributed by atoms with Crippen molar-refractivity contribution in [2.75, 3.05) is 20.3 Å². The Morgan fingerprint density at radius 2 is 1.78 bits per heavy atom. The summed E-state index contributed by atoms with van der Waals surface area (Å²) in [5.41, 5.74) is 0.637. The summed E-state index contributed by atoms with van der Waals surface area (Å²) < 4.78 is 23.3. The monoisotopic (exact) mass is 451 g/mol. The highest BCUT2D eigenvalue weighted by Crippen LogP contribution is 2.13. The van der Waals surface area contributed by atoms with Crippen molar-refractivity contribution >= 4 is 23.8 Å². The van der Waals surface area contributed by atoms with Crippen LogP contribution in [0.4, 0.5) is 0 Å². The molecule has 2 N–H and O–H groups in total. The zero-order valence-corrected chi connectivity index (χ0v) is 19.4. The Morgan fingerprint density at radius 3 is 2.38 bits per heavy atom. The summed E-state index contributed by atoms with van der Waals surface area (Å²) in [6, 6.07) is 4.62. The molecule has 0 aliphatic heterocycles. The van der Waals surface area contributed by atoms with Crippen molar-refractivity contribution < 1.29 is 34.8 Å². The molecule has 0 aromatic heterocycles. The first kappa shape index (κ1) is 25.2. The van der Waals surface area contributed by atoms with Crippen molar-refractivity contribution in [3.63, 3.8) is 0 Å². The standard InChI is InChI=1S/C23H34N2O7/c1-6-31-20(27)12-11-18(23(29)32-7-2)24-22(28)21(15(3)4)25-19(26)14-16-9-8-10-17(13-16)30-5/h8-10,13,15,18,21H,6-7,11-12,14H2,1-5H3,(H,24,28)(H,25,26)/t18-,21-/m0/s1/i/hD. The van der Waals surface area contributed by atoms with Crippen LogP contribution < -0.4 is 15.4 Å². The summed E-state index contributed by atoms with van der Waals surface area (Å²) in [6.45, 7) is 6.99. The van der Waals surface area contributed by atoms with Crippen LogP contribution >= 0.6 is 0 Å². The number of esters is 2. The van der Waals surface area contributed by atoms with E-state index in [1.54, 1.807) is 52.0 Å². The highest BCUT2D eigenvalue weighted by molar-refractivity contribution is 5.91. The molecule has 32 heavy (non-hydrogen) atoms. The Bertz CT molecular complexity index is 816. The molecule has 0 saturated carbocycles. The van der Waals surface area contributed by atoms with Gasteiger partial charge in [0, 0.05) is 6.42 Å². The highest BCUT2D eigenvalue weighted by Gasteiger charge is 2.30. The van der Waals surface area contributed by atoms with Gasteiger partial charge >= 0.3 is 11.9 Å². The van der Waals surface area contributed by atoms with Crippen LogP contribution in [-0.2, 0) is 35.1 Å². The van der Waals surface area contributed by atoms with Gasteiger partial charge in [-0.25, -0.2) is 4.79 Å². The number of nitrogens with one attached hydrogen (secondary N) is 2. The first-order valence-electron chi connectivity index (χ1n) is 11.2. The number of hydrogen-bond acceptors (Lipinski definition) is 7. The van der Waals surface area contributed by atoms with Crippen molar-refractivity contribution in [1.29, 1.82) is 0 Å². The molecule has 9 nitrogen and oxygen atoms in total. The van der Waals surface area contributed by atoms with E-state index in [4.69, 9.17) is 15.6 Å². The van der Waals surface area contributed by atoms with Gasteiger partial charge in [-0.15, -0.1) is 0 Å². The van der Waals surface area contributed by atoms with Crippen LogP contribution in [0.15, 0.2) is 24.3 Å². The molecule has 2 amide bonds. The minimum atomic E-state index is -1.15. The minimum absolute atomic E-state index is 0.0238. The van der Waals surface area contributed by atoms with Crippen LogP contribution in [0.25, 0.3) is 0 Å². The fourth-order valence-corrected chi connectivity index (χ4v) is 2.91. The largest absolute Gasteiger partial charge is 0.497 e. The molecule has 0 unspecified atom stereocenters. The number of carbonyl (C=O) groups is 4. The van der Waals surface area contributed by atoms with Crippen LogP contribution in [0.3, 0.4) is 0 Å². The molecule has 1 rings (SSSR count). The number of rotatable bonds is 13. The maximum absolute atomic E-state index is 13.0. The lowest BCUT2D eigenvalue weighted by molar-refractivity contribution is -0.149. The molecule has 178 valence electrons. The second-order valence-corrected chi connectivity index (χ2v) is 7.40. The van der Waals surface area contributed by atoms with Crippen molar-refractivity contribution in [3.8, 4) is 5.75 Å². The Kier molecular flexibility index (Phi) is 11.1. The molecule has 0 radical (unpaired) electrons. The number of ether oxygens (including phenoxy) is 3. The van der Waals surface area contributed by atoms with Gasteiger partial charge < -0.3 is 24.8 Å². The predicted octanol–water partition coefficient (Wildman–Crippen LogP) is 1.77. The number of carbonyl (C=O) groups excluding carboxylic acids is 4. The topological polar surface area (TPSA) is 120 Å². The molecular formula is C23H34N2O7. The highest BCUT2D eigenvalue weighted by atomic mass is 16.5. The van der Waals surface area contributed by atoms with Gasteiger partial charge in [0.25, 0.3) is 0 Å². The fourth-order valence-electron chi connectivity index (χ4n) is 2.91. The van der Waals surface area contributed by atoms with E-state index < -0.39 is 41.8 Å².